The molecule has 0 spiro atoms. The molecule has 0 saturated carbocycles. The molecule has 2 rings (SSSR count). The number of benzene rings is 1. The van der Waals surface area contributed by atoms with Gasteiger partial charge in [0, 0.05) is 22.6 Å². The number of hydrogen-bond acceptors (Lipinski definition) is 3. The van der Waals surface area contributed by atoms with Crippen LogP contribution in [0.2, 0.25) is 0 Å². The molecule has 1 aliphatic rings. The Morgan fingerprint density at radius 1 is 1.58 bits per heavy atom. The zero-order valence-corrected chi connectivity index (χ0v) is 12.5. The van der Waals surface area contributed by atoms with Crippen molar-refractivity contribution in [1.82, 2.24) is 4.90 Å². The van der Waals surface area contributed by atoms with Crippen LogP contribution < -0.4 is 4.74 Å². The number of nitrogens with zero attached hydrogens (tertiary/aromatic N) is 1. The minimum Gasteiger partial charge on any atom is -0.496 e. The zero-order valence-electron chi connectivity index (χ0n) is 10.9. The molecule has 1 aromatic rings. The van der Waals surface area contributed by atoms with Crippen LogP contribution in [-0.4, -0.2) is 36.2 Å². The molecule has 1 heterocycles. The first kappa shape index (κ1) is 14.3. The largest absolute Gasteiger partial charge is 0.496 e. The molecular formula is C14H18BrNO3. The quantitative estimate of drug-likeness (QED) is 0.902. The molecule has 0 bridgehead atoms. The van der Waals surface area contributed by atoms with E-state index in [1.54, 1.807) is 7.11 Å². The number of hydrogen-bond donors (Lipinski definition) is 1. The zero-order chi connectivity index (χ0) is 13.8. The molecule has 4 nitrogen and oxygen atoms in total. The molecule has 1 unspecified atom stereocenters. The number of likely N-dealkylation sites (tertiary alicyclic amines) is 1. The third kappa shape index (κ3) is 3.48. The number of methoxy groups -OCH3 is 1. The van der Waals surface area contributed by atoms with Gasteiger partial charge in [0.05, 0.1) is 13.5 Å². The van der Waals surface area contributed by atoms with Gasteiger partial charge in [-0.1, -0.05) is 15.9 Å². The lowest BCUT2D eigenvalue weighted by Crippen LogP contribution is -2.26. The Labute approximate surface area is 121 Å². The minimum absolute atomic E-state index is 0.187. The average Bonchev–Trinajstić information content (AvgIpc) is 2.84. The molecule has 104 valence electrons. The summed E-state index contributed by atoms with van der Waals surface area (Å²) in [7, 11) is 1.67. The van der Waals surface area contributed by atoms with Crippen LogP contribution in [0, 0.1) is 0 Å². The highest BCUT2D eigenvalue weighted by molar-refractivity contribution is 9.10. The van der Waals surface area contributed by atoms with Crippen molar-refractivity contribution in [2.45, 2.75) is 25.3 Å². The summed E-state index contributed by atoms with van der Waals surface area (Å²) in [5.74, 6) is 0.127. The molecule has 5 heteroatoms. The molecule has 1 saturated heterocycles. The van der Waals surface area contributed by atoms with Gasteiger partial charge in [-0.05, 0) is 37.6 Å². The third-order valence-electron chi connectivity index (χ3n) is 3.53. The van der Waals surface area contributed by atoms with E-state index in [1.807, 2.05) is 12.1 Å². The van der Waals surface area contributed by atoms with Crippen LogP contribution in [0.15, 0.2) is 22.7 Å². The maximum Gasteiger partial charge on any atom is 0.304 e. The molecule has 1 aliphatic heterocycles. The highest BCUT2D eigenvalue weighted by Crippen LogP contribution is 2.38. The van der Waals surface area contributed by atoms with Crippen LogP contribution in [0.5, 0.6) is 5.75 Å². The molecule has 0 aromatic heterocycles. The van der Waals surface area contributed by atoms with Crippen LogP contribution in [0.25, 0.3) is 0 Å². The third-order valence-corrected chi connectivity index (χ3v) is 4.02. The van der Waals surface area contributed by atoms with E-state index in [4.69, 9.17) is 9.84 Å². The van der Waals surface area contributed by atoms with Crippen LogP contribution in [0.4, 0.5) is 0 Å². The summed E-state index contributed by atoms with van der Waals surface area (Å²) in [6.45, 7) is 1.54. The summed E-state index contributed by atoms with van der Waals surface area (Å²) >= 11 is 3.49. The summed E-state index contributed by atoms with van der Waals surface area (Å²) in [5, 5.41) is 8.82. The molecule has 1 atom stereocenters. The van der Waals surface area contributed by atoms with Crippen molar-refractivity contribution < 1.29 is 14.6 Å². The number of carbonyl (C=O) groups is 1. The van der Waals surface area contributed by atoms with Gasteiger partial charge in [-0.3, -0.25) is 9.69 Å². The summed E-state index contributed by atoms with van der Waals surface area (Å²) in [4.78, 5) is 13.0. The van der Waals surface area contributed by atoms with Crippen molar-refractivity contribution in [2.75, 3.05) is 20.2 Å². The van der Waals surface area contributed by atoms with E-state index in [9.17, 15) is 4.79 Å². The van der Waals surface area contributed by atoms with Gasteiger partial charge in [0.1, 0.15) is 5.75 Å². The van der Waals surface area contributed by atoms with Crippen LogP contribution in [-0.2, 0) is 4.79 Å². The number of carboxylic acids is 1. The van der Waals surface area contributed by atoms with Crippen molar-refractivity contribution in [2.24, 2.45) is 0 Å². The summed E-state index contributed by atoms with van der Waals surface area (Å²) in [6, 6.07) is 6.24. The highest BCUT2D eigenvalue weighted by atomic mass is 79.9. The van der Waals surface area contributed by atoms with Crippen molar-refractivity contribution in [3.63, 3.8) is 0 Å². The van der Waals surface area contributed by atoms with Crippen LogP contribution in [0.3, 0.4) is 0 Å². The molecule has 0 radical (unpaired) electrons. The molecule has 1 fully saturated rings. The van der Waals surface area contributed by atoms with Crippen LogP contribution in [0.1, 0.15) is 30.9 Å². The number of aliphatic carboxylic acids is 1. The fourth-order valence-corrected chi connectivity index (χ4v) is 3.03. The monoisotopic (exact) mass is 327 g/mol. The van der Waals surface area contributed by atoms with E-state index < -0.39 is 5.97 Å². The van der Waals surface area contributed by atoms with E-state index in [-0.39, 0.29) is 12.5 Å². The van der Waals surface area contributed by atoms with E-state index in [0.29, 0.717) is 6.54 Å². The maximum atomic E-state index is 10.7. The Bertz CT molecular complexity index is 464. The topological polar surface area (TPSA) is 49.8 Å². The maximum absolute atomic E-state index is 10.7. The smallest absolute Gasteiger partial charge is 0.304 e. The lowest BCUT2D eigenvalue weighted by atomic mass is 10.0. The summed E-state index contributed by atoms with van der Waals surface area (Å²) in [5.41, 5.74) is 1.14. The van der Waals surface area contributed by atoms with Gasteiger partial charge in [-0.15, -0.1) is 0 Å². The number of carboxylic acid groups (broad SMARTS) is 1. The van der Waals surface area contributed by atoms with E-state index in [1.165, 1.54) is 0 Å². The highest BCUT2D eigenvalue weighted by Gasteiger charge is 2.28. The minimum atomic E-state index is -0.744. The van der Waals surface area contributed by atoms with Gasteiger partial charge in [-0.25, -0.2) is 0 Å². The lowest BCUT2D eigenvalue weighted by Gasteiger charge is -2.25. The fourth-order valence-electron chi connectivity index (χ4n) is 2.65. The molecule has 19 heavy (non-hydrogen) atoms. The van der Waals surface area contributed by atoms with Gasteiger partial charge in [0.2, 0.25) is 0 Å². The fraction of sp³-hybridized carbons (Fsp3) is 0.500. The lowest BCUT2D eigenvalue weighted by molar-refractivity contribution is -0.137. The van der Waals surface area contributed by atoms with Gasteiger partial charge >= 0.3 is 5.97 Å². The van der Waals surface area contributed by atoms with E-state index in [2.05, 4.69) is 26.9 Å². The summed E-state index contributed by atoms with van der Waals surface area (Å²) in [6.07, 6.45) is 2.33. The van der Waals surface area contributed by atoms with Crippen molar-refractivity contribution >= 4 is 21.9 Å². The van der Waals surface area contributed by atoms with Gasteiger partial charge in [-0.2, -0.15) is 0 Å². The predicted octanol–water partition coefficient (Wildman–Crippen LogP) is 3.07. The van der Waals surface area contributed by atoms with Gasteiger partial charge in [0.25, 0.3) is 0 Å². The molecular weight excluding hydrogens is 310 g/mol. The Balaban J connectivity index is 2.19. The number of ether oxygens (including phenoxy) is 1. The molecule has 0 amide bonds. The van der Waals surface area contributed by atoms with Crippen LogP contribution >= 0.6 is 15.9 Å². The normalized spacial score (nSPS) is 19.6. The van der Waals surface area contributed by atoms with Crippen molar-refractivity contribution in [3.8, 4) is 5.75 Å². The standard InChI is InChI=1S/C14H18BrNO3/c1-19-13-5-4-10(15)9-11(13)12-3-2-7-16(12)8-6-14(17)18/h4-5,9,12H,2-3,6-8H2,1H3,(H,17,18). The Kier molecular flexibility index (Phi) is 4.82. The summed E-state index contributed by atoms with van der Waals surface area (Å²) < 4.78 is 6.44. The van der Waals surface area contributed by atoms with Gasteiger partial charge < -0.3 is 9.84 Å². The second-order valence-corrected chi connectivity index (χ2v) is 5.64. The second-order valence-electron chi connectivity index (χ2n) is 4.72. The average molecular weight is 328 g/mol. The van der Waals surface area contributed by atoms with Crippen molar-refractivity contribution in [3.05, 3.63) is 28.2 Å². The molecule has 1 N–H and O–H groups in total. The van der Waals surface area contributed by atoms with E-state index in [0.717, 1.165) is 35.2 Å². The van der Waals surface area contributed by atoms with Gasteiger partial charge in [0.15, 0.2) is 0 Å². The first-order valence-corrected chi connectivity index (χ1v) is 7.20. The predicted molar refractivity (Wildman–Crippen MR) is 76.5 cm³/mol. The second kappa shape index (κ2) is 6.39. The molecule has 1 aromatic carbocycles. The first-order chi connectivity index (χ1) is 9.11. The first-order valence-electron chi connectivity index (χ1n) is 6.41. The Morgan fingerprint density at radius 2 is 2.37 bits per heavy atom. The van der Waals surface area contributed by atoms with Crippen molar-refractivity contribution in [1.29, 1.82) is 0 Å². The number of halogens is 1. The SMILES string of the molecule is COc1ccc(Br)cc1C1CCCN1CCC(=O)O. The Morgan fingerprint density at radius 3 is 3.05 bits per heavy atom. The Hall–Kier alpha value is -1.07. The molecule has 0 aliphatic carbocycles. The van der Waals surface area contributed by atoms with E-state index >= 15 is 0 Å². The number of rotatable bonds is 5.